The van der Waals surface area contributed by atoms with E-state index in [2.05, 4.69) is 20.9 Å². The lowest BCUT2D eigenvalue weighted by Crippen LogP contribution is -2.36. The number of carbonyl (C=O) groups excluding carboxylic acids is 1. The van der Waals surface area contributed by atoms with Gasteiger partial charge in [0.05, 0.1) is 18.8 Å². The standard InChI is InChI=1S/C11H19N5O2/c17-11(9-18-10-1-3-12-4-2-10)13-5-7-16-8-6-14-15-16/h6,8,10,12H,1-5,7,9H2,(H,13,17). The zero-order valence-electron chi connectivity index (χ0n) is 10.3. The van der Waals surface area contributed by atoms with Crippen LogP contribution in [0.3, 0.4) is 0 Å². The summed E-state index contributed by atoms with van der Waals surface area (Å²) in [4.78, 5) is 11.5. The fraction of sp³-hybridized carbons (Fsp3) is 0.727. The van der Waals surface area contributed by atoms with Crippen molar-refractivity contribution in [2.45, 2.75) is 25.5 Å². The van der Waals surface area contributed by atoms with Crippen molar-refractivity contribution in [3.05, 3.63) is 12.4 Å². The predicted octanol–water partition coefficient (Wildman–Crippen LogP) is -0.837. The molecule has 0 bridgehead atoms. The SMILES string of the molecule is O=C(COC1CCNCC1)NCCn1ccnn1. The van der Waals surface area contributed by atoms with E-state index in [1.807, 2.05) is 0 Å². The first-order valence-corrected chi connectivity index (χ1v) is 6.28. The number of hydrogen-bond acceptors (Lipinski definition) is 5. The van der Waals surface area contributed by atoms with Crippen LogP contribution in [-0.2, 0) is 16.1 Å². The van der Waals surface area contributed by atoms with Crippen molar-refractivity contribution in [1.82, 2.24) is 25.6 Å². The summed E-state index contributed by atoms with van der Waals surface area (Å²) in [6, 6.07) is 0. The van der Waals surface area contributed by atoms with E-state index < -0.39 is 0 Å². The smallest absolute Gasteiger partial charge is 0.246 e. The number of nitrogens with one attached hydrogen (secondary N) is 2. The predicted molar refractivity (Wildman–Crippen MR) is 64.9 cm³/mol. The van der Waals surface area contributed by atoms with Gasteiger partial charge in [0.1, 0.15) is 6.61 Å². The van der Waals surface area contributed by atoms with Gasteiger partial charge in [0.25, 0.3) is 0 Å². The van der Waals surface area contributed by atoms with Crippen LogP contribution in [0.1, 0.15) is 12.8 Å². The summed E-state index contributed by atoms with van der Waals surface area (Å²) in [6.45, 7) is 3.25. The number of ether oxygens (including phenoxy) is 1. The van der Waals surface area contributed by atoms with Crippen LogP contribution >= 0.6 is 0 Å². The van der Waals surface area contributed by atoms with Gasteiger partial charge in [0.2, 0.25) is 5.91 Å². The average molecular weight is 253 g/mol. The summed E-state index contributed by atoms with van der Waals surface area (Å²) < 4.78 is 7.22. The fourth-order valence-corrected chi connectivity index (χ4v) is 1.87. The zero-order valence-corrected chi connectivity index (χ0v) is 10.3. The molecule has 1 aromatic heterocycles. The van der Waals surface area contributed by atoms with Crippen LogP contribution in [0.15, 0.2) is 12.4 Å². The Bertz CT molecular complexity index is 348. The molecular weight excluding hydrogens is 234 g/mol. The monoisotopic (exact) mass is 253 g/mol. The van der Waals surface area contributed by atoms with Crippen LogP contribution in [0.5, 0.6) is 0 Å². The van der Waals surface area contributed by atoms with E-state index in [4.69, 9.17) is 4.74 Å². The van der Waals surface area contributed by atoms with E-state index in [-0.39, 0.29) is 18.6 Å². The van der Waals surface area contributed by atoms with E-state index >= 15 is 0 Å². The second-order valence-corrected chi connectivity index (χ2v) is 4.28. The lowest BCUT2D eigenvalue weighted by atomic mass is 10.1. The average Bonchev–Trinajstić information content (AvgIpc) is 2.91. The highest BCUT2D eigenvalue weighted by atomic mass is 16.5. The largest absolute Gasteiger partial charge is 0.368 e. The summed E-state index contributed by atoms with van der Waals surface area (Å²) in [7, 11) is 0. The number of carbonyl (C=O) groups is 1. The van der Waals surface area contributed by atoms with Crippen LogP contribution in [-0.4, -0.2) is 53.2 Å². The van der Waals surface area contributed by atoms with Gasteiger partial charge in [0, 0.05) is 12.7 Å². The molecule has 7 heteroatoms. The van der Waals surface area contributed by atoms with Gasteiger partial charge < -0.3 is 15.4 Å². The Balaban J connectivity index is 1.54. The molecule has 1 amide bonds. The summed E-state index contributed by atoms with van der Waals surface area (Å²) in [5, 5.41) is 13.5. The zero-order chi connectivity index (χ0) is 12.6. The molecule has 0 radical (unpaired) electrons. The molecule has 0 spiro atoms. The molecule has 0 unspecified atom stereocenters. The molecule has 7 nitrogen and oxygen atoms in total. The Morgan fingerprint density at radius 1 is 1.50 bits per heavy atom. The van der Waals surface area contributed by atoms with Gasteiger partial charge in [-0.05, 0) is 25.9 Å². The highest BCUT2D eigenvalue weighted by Gasteiger charge is 2.14. The summed E-state index contributed by atoms with van der Waals surface area (Å²) in [5.74, 6) is -0.0753. The quantitative estimate of drug-likeness (QED) is 0.691. The van der Waals surface area contributed by atoms with Crippen LogP contribution in [0.4, 0.5) is 0 Å². The minimum absolute atomic E-state index is 0.0753. The number of amides is 1. The maximum atomic E-state index is 11.5. The van der Waals surface area contributed by atoms with E-state index in [0.717, 1.165) is 25.9 Å². The minimum Gasteiger partial charge on any atom is -0.368 e. The summed E-state index contributed by atoms with van der Waals surface area (Å²) >= 11 is 0. The number of nitrogens with zero attached hydrogens (tertiary/aromatic N) is 3. The molecule has 1 aliphatic rings. The van der Waals surface area contributed by atoms with E-state index in [9.17, 15) is 4.79 Å². The number of aromatic nitrogens is 3. The van der Waals surface area contributed by atoms with E-state index in [1.165, 1.54) is 0 Å². The lowest BCUT2D eigenvalue weighted by molar-refractivity contribution is -0.128. The minimum atomic E-state index is -0.0753. The summed E-state index contributed by atoms with van der Waals surface area (Å²) in [5.41, 5.74) is 0. The molecule has 1 saturated heterocycles. The Labute approximate surface area is 106 Å². The first-order valence-electron chi connectivity index (χ1n) is 6.28. The second-order valence-electron chi connectivity index (χ2n) is 4.28. The van der Waals surface area contributed by atoms with Gasteiger partial charge >= 0.3 is 0 Å². The normalized spacial score (nSPS) is 16.7. The van der Waals surface area contributed by atoms with Gasteiger partial charge in [-0.1, -0.05) is 5.21 Å². The Hall–Kier alpha value is -1.47. The first-order chi connectivity index (χ1) is 8.84. The first kappa shape index (κ1) is 13.0. The topological polar surface area (TPSA) is 81.1 Å². The Kier molecular flexibility index (Phi) is 5.10. The van der Waals surface area contributed by atoms with Crippen molar-refractivity contribution in [2.24, 2.45) is 0 Å². The molecule has 18 heavy (non-hydrogen) atoms. The fourth-order valence-electron chi connectivity index (χ4n) is 1.87. The lowest BCUT2D eigenvalue weighted by Gasteiger charge is -2.22. The van der Waals surface area contributed by atoms with Crippen molar-refractivity contribution in [1.29, 1.82) is 0 Å². The van der Waals surface area contributed by atoms with Crippen molar-refractivity contribution in [3.63, 3.8) is 0 Å². The van der Waals surface area contributed by atoms with E-state index in [1.54, 1.807) is 17.1 Å². The van der Waals surface area contributed by atoms with Gasteiger partial charge in [-0.3, -0.25) is 9.48 Å². The van der Waals surface area contributed by atoms with Gasteiger partial charge in [0.15, 0.2) is 0 Å². The molecule has 2 rings (SSSR count). The Morgan fingerprint density at radius 3 is 3.06 bits per heavy atom. The summed E-state index contributed by atoms with van der Waals surface area (Å²) in [6.07, 6.45) is 5.55. The third-order valence-electron chi connectivity index (χ3n) is 2.87. The van der Waals surface area contributed by atoms with Gasteiger partial charge in [-0.25, -0.2) is 0 Å². The third-order valence-corrected chi connectivity index (χ3v) is 2.87. The van der Waals surface area contributed by atoms with Crippen molar-refractivity contribution >= 4 is 5.91 Å². The third kappa shape index (κ3) is 4.42. The maximum absolute atomic E-state index is 11.5. The van der Waals surface area contributed by atoms with Crippen molar-refractivity contribution in [3.8, 4) is 0 Å². The molecular formula is C11H19N5O2. The highest BCUT2D eigenvalue weighted by molar-refractivity contribution is 5.77. The molecule has 0 aliphatic carbocycles. The molecule has 1 aliphatic heterocycles. The molecule has 2 N–H and O–H groups in total. The molecule has 0 aromatic carbocycles. The molecule has 2 heterocycles. The highest BCUT2D eigenvalue weighted by Crippen LogP contribution is 2.06. The van der Waals surface area contributed by atoms with Crippen LogP contribution in [0, 0.1) is 0 Å². The molecule has 100 valence electrons. The van der Waals surface area contributed by atoms with Crippen LogP contribution in [0.2, 0.25) is 0 Å². The van der Waals surface area contributed by atoms with Crippen molar-refractivity contribution < 1.29 is 9.53 Å². The molecule has 0 atom stereocenters. The number of piperidine rings is 1. The molecule has 1 aromatic rings. The van der Waals surface area contributed by atoms with Crippen molar-refractivity contribution in [2.75, 3.05) is 26.2 Å². The maximum Gasteiger partial charge on any atom is 0.246 e. The van der Waals surface area contributed by atoms with Gasteiger partial charge in [-0.2, -0.15) is 0 Å². The van der Waals surface area contributed by atoms with Crippen LogP contribution < -0.4 is 10.6 Å². The van der Waals surface area contributed by atoms with Gasteiger partial charge in [-0.15, -0.1) is 5.10 Å². The number of rotatable bonds is 6. The Morgan fingerprint density at radius 2 is 2.33 bits per heavy atom. The van der Waals surface area contributed by atoms with Crippen LogP contribution in [0.25, 0.3) is 0 Å². The molecule has 0 saturated carbocycles. The molecule has 1 fully saturated rings. The second kappa shape index (κ2) is 7.07. The number of hydrogen-bond donors (Lipinski definition) is 2. The van der Waals surface area contributed by atoms with E-state index in [0.29, 0.717) is 13.1 Å².